The number of benzene rings is 4. The van der Waals surface area contributed by atoms with Crippen LogP contribution in [-0.2, 0) is 17.9 Å². The zero-order valence-corrected chi connectivity index (χ0v) is 21.6. The summed E-state index contributed by atoms with van der Waals surface area (Å²) >= 11 is 0. The Labute approximate surface area is 219 Å². The third-order valence-corrected chi connectivity index (χ3v) is 6.53. The minimum Gasteiger partial charge on any atom is -0.457 e. The number of carbonyl (C=O) groups is 2. The van der Waals surface area contributed by atoms with Gasteiger partial charge in [0.05, 0.1) is 5.56 Å². The lowest BCUT2D eigenvalue weighted by Crippen LogP contribution is -2.06. The summed E-state index contributed by atoms with van der Waals surface area (Å²) in [5.41, 5.74) is 9.65. The van der Waals surface area contributed by atoms with Crippen molar-refractivity contribution in [1.29, 1.82) is 0 Å². The molecule has 4 aromatic rings. The van der Waals surface area contributed by atoms with Gasteiger partial charge in [-0.1, -0.05) is 61.5 Å². The molecule has 0 unspecified atom stereocenters. The molecule has 37 heavy (non-hydrogen) atoms. The highest BCUT2D eigenvalue weighted by Gasteiger charge is 2.11. The highest BCUT2D eigenvalue weighted by Crippen LogP contribution is 2.30. The van der Waals surface area contributed by atoms with Crippen LogP contribution in [0.1, 0.15) is 61.9 Å². The van der Waals surface area contributed by atoms with Crippen LogP contribution in [0.4, 0.5) is 5.69 Å². The van der Waals surface area contributed by atoms with E-state index in [0.29, 0.717) is 18.5 Å². The second-order valence-corrected chi connectivity index (χ2v) is 9.23. The zero-order valence-electron chi connectivity index (χ0n) is 21.6. The van der Waals surface area contributed by atoms with Gasteiger partial charge in [-0.15, -0.1) is 0 Å². The summed E-state index contributed by atoms with van der Waals surface area (Å²) in [6.45, 7) is 11.0. The van der Waals surface area contributed by atoms with Crippen molar-refractivity contribution in [1.82, 2.24) is 0 Å². The average Bonchev–Trinajstić information content (AvgIpc) is 2.92. The number of hydrogen-bond donors (Lipinski definition) is 1. The van der Waals surface area contributed by atoms with Crippen LogP contribution in [0.2, 0.25) is 0 Å². The molecule has 0 bridgehead atoms. The van der Waals surface area contributed by atoms with Crippen LogP contribution in [-0.4, -0.2) is 11.8 Å². The molecule has 0 atom stereocenters. The third-order valence-electron chi connectivity index (χ3n) is 6.53. The van der Waals surface area contributed by atoms with Crippen LogP contribution in [0.3, 0.4) is 0 Å². The van der Waals surface area contributed by atoms with Gasteiger partial charge in [0.2, 0.25) is 0 Å². The van der Waals surface area contributed by atoms with Gasteiger partial charge in [0.15, 0.2) is 5.78 Å². The van der Waals surface area contributed by atoms with E-state index in [0.717, 1.165) is 44.6 Å². The second-order valence-electron chi connectivity index (χ2n) is 9.23. The predicted octanol–water partition coefficient (Wildman–Crippen LogP) is 7.71. The Morgan fingerprint density at radius 2 is 1.59 bits per heavy atom. The molecule has 0 heterocycles. The van der Waals surface area contributed by atoms with Crippen LogP contribution < -0.4 is 5.32 Å². The van der Waals surface area contributed by atoms with E-state index in [-0.39, 0.29) is 18.4 Å². The molecule has 0 aliphatic heterocycles. The number of carbonyl (C=O) groups excluding carboxylic acids is 2. The third kappa shape index (κ3) is 6.34. The Kier molecular flexibility index (Phi) is 8.19. The van der Waals surface area contributed by atoms with Crippen LogP contribution in [0.5, 0.6) is 0 Å². The highest BCUT2D eigenvalue weighted by atomic mass is 16.5. The van der Waals surface area contributed by atoms with E-state index in [1.165, 1.54) is 5.56 Å². The molecule has 0 aliphatic carbocycles. The summed E-state index contributed by atoms with van der Waals surface area (Å²) in [4.78, 5) is 24.3. The van der Waals surface area contributed by atoms with Crippen molar-refractivity contribution in [2.45, 2.75) is 40.3 Å². The summed E-state index contributed by atoms with van der Waals surface area (Å²) in [5.74, 6) is -0.185. The van der Waals surface area contributed by atoms with Crippen molar-refractivity contribution < 1.29 is 14.3 Å². The van der Waals surface area contributed by atoms with Gasteiger partial charge in [0, 0.05) is 24.2 Å². The smallest absolute Gasteiger partial charge is 0.338 e. The standard InChI is InChI=1S/C33H32NO3/c1-5-32(35)27-14-16-30(24(4)18-27)31-19-29(15-11-22(31)2)34-20-25-12-13-28(23(3)17-25)21-37-33(36)26-9-7-6-8-10-26/h6-19,34H,3,5,20-21H2,1-2,4H3. The van der Waals surface area contributed by atoms with Crippen LogP contribution in [0.15, 0.2) is 84.9 Å². The van der Waals surface area contributed by atoms with Gasteiger partial charge in [-0.05, 0) is 90.0 Å². The van der Waals surface area contributed by atoms with Crippen LogP contribution in [0.25, 0.3) is 11.1 Å². The van der Waals surface area contributed by atoms with E-state index in [2.05, 4.69) is 44.3 Å². The Balaban J connectivity index is 1.42. The zero-order chi connectivity index (χ0) is 26.4. The van der Waals surface area contributed by atoms with E-state index in [1.807, 2.05) is 61.5 Å². The van der Waals surface area contributed by atoms with Gasteiger partial charge in [0.25, 0.3) is 0 Å². The molecule has 1 N–H and O–H groups in total. The van der Waals surface area contributed by atoms with Crippen molar-refractivity contribution in [3.05, 3.63) is 131 Å². The molecule has 4 heteroatoms. The lowest BCUT2D eigenvalue weighted by molar-refractivity contribution is 0.0472. The molecule has 4 rings (SSSR count). The number of ether oxygens (including phenoxy) is 1. The maximum atomic E-state index is 12.2. The minimum absolute atomic E-state index is 0.159. The first-order valence-corrected chi connectivity index (χ1v) is 12.5. The normalized spacial score (nSPS) is 10.7. The minimum atomic E-state index is -0.345. The molecule has 4 nitrogen and oxygen atoms in total. The molecule has 0 saturated heterocycles. The number of nitrogens with one attached hydrogen (secondary N) is 1. The van der Waals surface area contributed by atoms with Gasteiger partial charge in [0.1, 0.15) is 6.61 Å². The van der Waals surface area contributed by atoms with Gasteiger partial charge >= 0.3 is 5.97 Å². The summed E-state index contributed by atoms with van der Waals surface area (Å²) < 4.78 is 5.45. The molecular weight excluding hydrogens is 458 g/mol. The summed E-state index contributed by atoms with van der Waals surface area (Å²) in [6.07, 6.45) is 0.506. The number of hydrogen-bond acceptors (Lipinski definition) is 4. The summed E-state index contributed by atoms with van der Waals surface area (Å²) in [7, 11) is 0. The topological polar surface area (TPSA) is 55.4 Å². The van der Waals surface area contributed by atoms with E-state index >= 15 is 0 Å². The number of aryl methyl sites for hydroxylation is 2. The molecule has 4 aromatic carbocycles. The van der Waals surface area contributed by atoms with Crippen molar-refractivity contribution in [3.8, 4) is 11.1 Å². The average molecular weight is 491 g/mol. The molecule has 1 radical (unpaired) electrons. The van der Waals surface area contributed by atoms with Gasteiger partial charge in [-0.2, -0.15) is 0 Å². The number of ketones is 1. The summed E-state index contributed by atoms with van der Waals surface area (Å²) in [5, 5.41) is 3.51. The Morgan fingerprint density at radius 1 is 0.811 bits per heavy atom. The van der Waals surface area contributed by atoms with E-state index in [4.69, 9.17) is 4.74 Å². The monoisotopic (exact) mass is 490 g/mol. The first kappa shape index (κ1) is 25.9. The number of anilines is 1. The van der Waals surface area contributed by atoms with Crippen molar-refractivity contribution in [2.24, 2.45) is 0 Å². The molecule has 0 spiro atoms. The van der Waals surface area contributed by atoms with Gasteiger partial charge in [-0.25, -0.2) is 4.79 Å². The molecule has 187 valence electrons. The lowest BCUT2D eigenvalue weighted by atomic mass is 9.93. The first-order chi connectivity index (χ1) is 17.9. The fourth-order valence-corrected chi connectivity index (χ4v) is 4.30. The Bertz CT molecular complexity index is 1420. The molecule has 0 aliphatic rings. The predicted molar refractivity (Wildman–Crippen MR) is 150 cm³/mol. The van der Waals surface area contributed by atoms with Gasteiger partial charge in [-0.3, -0.25) is 4.79 Å². The molecule has 0 amide bonds. The van der Waals surface area contributed by atoms with E-state index < -0.39 is 0 Å². The van der Waals surface area contributed by atoms with Crippen molar-refractivity contribution >= 4 is 17.4 Å². The van der Waals surface area contributed by atoms with Crippen molar-refractivity contribution in [3.63, 3.8) is 0 Å². The SMILES string of the molecule is [CH2]c1cc(CNc2ccc(C)c(-c3ccc(C(=O)CC)cc3C)c2)ccc1COC(=O)c1ccccc1. The second kappa shape index (κ2) is 11.7. The van der Waals surface area contributed by atoms with Crippen LogP contribution >= 0.6 is 0 Å². The summed E-state index contributed by atoms with van der Waals surface area (Å²) in [6, 6.07) is 27.3. The molecule has 0 saturated carbocycles. The van der Waals surface area contributed by atoms with Crippen molar-refractivity contribution in [2.75, 3.05) is 5.32 Å². The quantitative estimate of drug-likeness (QED) is 0.193. The Hall–Kier alpha value is -4.18. The van der Waals surface area contributed by atoms with Crippen LogP contribution in [0, 0.1) is 20.8 Å². The Morgan fingerprint density at radius 3 is 2.30 bits per heavy atom. The molecule has 0 fully saturated rings. The van der Waals surface area contributed by atoms with E-state index in [1.54, 1.807) is 12.1 Å². The highest BCUT2D eigenvalue weighted by molar-refractivity contribution is 5.96. The fraction of sp³-hybridized carbons (Fsp3) is 0.182. The molecule has 0 aromatic heterocycles. The fourth-order valence-electron chi connectivity index (χ4n) is 4.30. The largest absolute Gasteiger partial charge is 0.457 e. The maximum absolute atomic E-state index is 12.2. The lowest BCUT2D eigenvalue weighted by Gasteiger charge is -2.15. The first-order valence-electron chi connectivity index (χ1n) is 12.5. The molecular formula is C33H32NO3. The number of rotatable bonds is 9. The number of Topliss-reactive ketones (excluding diaryl/α,β-unsaturated/α-hetero) is 1. The van der Waals surface area contributed by atoms with Gasteiger partial charge < -0.3 is 10.1 Å². The van der Waals surface area contributed by atoms with E-state index in [9.17, 15) is 9.59 Å². The maximum Gasteiger partial charge on any atom is 0.338 e. The number of esters is 1.